The number of nitrogens with one attached hydrogen (secondary N) is 1. The summed E-state index contributed by atoms with van der Waals surface area (Å²) in [7, 11) is 1.97. The van der Waals surface area contributed by atoms with Crippen molar-refractivity contribution >= 4 is 0 Å². The van der Waals surface area contributed by atoms with Crippen LogP contribution in [0.25, 0.3) is 0 Å². The zero-order valence-corrected chi connectivity index (χ0v) is 10.7. The van der Waals surface area contributed by atoms with Crippen molar-refractivity contribution in [1.29, 1.82) is 0 Å². The van der Waals surface area contributed by atoms with Gasteiger partial charge in [0.1, 0.15) is 0 Å². The van der Waals surface area contributed by atoms with Gasteiger partial charge in [0.2, 0.25) is 0 Å². The van der Waals surface area contributed by atoms with Crippen molar-refractivity contribution in [3.8, 4) is 0 Å². The highest BCUT2D eigenvalue weighted by Crippen LogP contribution is 2.46. The van der Waals surface area contributed by atoms with Crippen LogP contribution in [0, 0.1) is 11.3 Å². The van der Waals surface area contributed by atoms with Gasteiger partial charge < -0.3 is 10.4 Å². The molecule has 1 fully saturated rings. The molecule has 0 heterocycles. The normalized spacial score (nSPS) is 27.8. The lowest BCUT2D eigenvalue weighted by Crippen LogP contribution is -2.46. The van der Waals surface area contributed by atoms with Gasteiger partial charge in [-0.1, -0.05) is 30.3 Å². The first-order valence-electron chi connectivity index (χ1n) is 6.57. The molecule has 1 saturated carbocycles. The van der Waals surface area contributed by atoms with Crippen molar-refractivity contribution in [2.45, 2.75) is 25.7 Å². The molecule has 1 aromatic rings. The lowest BCUT2D eigenvalue weighted by Gasteiger charge is -2.47. The van der Waals surface area contributed by atoms with E-state index in [0.717, 1.165) is 12.5 Å². The molecule has 0 spiro atoms. The largest absolute Gasteiger partial charge is 0.396 e. The van der Waals surface area contributed by atoms with Gasteiger partial charge >= 0.3 is 0 Å². The van der Waals surface area contributed by atoms with Gasteiger partial charge in [0, 0.05) is 18.6 Å². The minimum absolute atomic E-state index is 0.177. The van der Waals surface area contributed by atoms with E-state index in [9.17, 15) is 5.11 Å². The molecular weight excluding hydrogens is 210 g/mol. The third kappa shape index (κ3) is 3.08. The number of aliphatic hydroxyl groups excluding tert-OH is 1. The Balaban J connectivity index is 1.74. The number of rotatable bonds is 6. The second-order valence-corrected chi connectivity index (χ2v) is 5.49. The predicted molar refractivity (Wildman–Crippen MR) is 70.9 cm³/mol. The fraction of sp³-hybridized carbons (Fsp3) is 0.600. The third-order valence-electron chi connectivity index (χ3n) is 4.01. The van der Waals surface area contributed by atoms with Gasteiger partial charge in [0.25, 0.3) is 0 Å². The fourth-order valence-corrected chi connectivity index (χ4v) is 3.09. The molecule has 1 aliphatic rings. The van der Waals surface area contributed by atoms with Crippen LogP contribution in [0.2, 0.25) is 0 Å². The van der Waals surface area contributed by atoms with Gasteiger partial charge in [-0.05, 0) is 44.2 Å². The first-order chi connectivity index (χ1) is 8.28. The molecule has 0 atom stereocenters. The molecule has 2 N–H and O–H groups in total. The van der Waals surface area contributed by atoms with E-state index < -0.39 is 0 Å². The quantitative estimate of drug-likeness (QED) is 0.789. The standard InChI is InChI=1S/C15H23NO/c1-16-11-15(12-17)9-14(10-15)8-7-13-5-3-2-4-6-13/h2-6,14,16-17H,7-12H2,1H3. The Hall–Kier alpha value is -0.860. The predicted octanol–water partition coefficient (Wildman–Crippen LogP) is 2.23. The summed E-state index contributed by atoms with van der Waals surface area (Å²) in [6.45, 7) is 1.28. The van der Waals surface area contributed by atoms with Crippen LogP contribution in [-0.2, 0) is 6.42 Å². The Morgan fingerprint density at radius 2 is 2.00 bits per heavy atom. The average Bonchev–Trinajstić information content (AvgIpc) is 2.33. The van der Waals surface area contributed by atoms with E-state index in [1.165, 1.54) is 31.2 Å². The van der Waals surface area contributed by atoms with E-state index in [0.29, 0.717) is 6.61 Å². The highest BCUT2D eigenvalue weighted by atomic mass is 16.3. The molecule has 0 bridgehead atoms. The van der Waals surface area contributed by atoms with E-state index in [2.05, 4.69) is 35.6 Å². The van der Waals surface area contributed by atoms with Crippen molar-refractivity contribution in [2.24, 2.45) is 11.3 Å². The summed E-state index contributed by atoms with van der Waals surface area (Å²) < 4.78 is 0. The summed E-state index contributed by atoms with van der Waals surface area (Å²) in [5.41, 5.74) is 1.61. The van der Waals surface area contributed by atoms with E-state index in [1.807, 2.05) is 7.05 Å². The van der Waals surface area contributed by atoms with Crippen LogP contribution in [0.5, 0.6) is 0 Å². The van der Waals surface area contributed by atoms with Gasteiger partial charge in [0.05, 0.1) is 0 Å². The Bertz CT molecular complexity index is 330. The molecule has 1 aromatic carbocycles. The first-order valence-corrected chi connectivity index (χ1v) is 6.57. The van der Waals surface area contributed by atoms with E-state index >= 15 is 0 Å². The second kappa shape index (κ2) is 5.65. The smallest absolute Gasteiger partial charge is 0.0499 e. The summed E-state index contributed by atoms with van der Waals surface area (Å²) in [6, 6.07) is 10.7. The third-order valence-corrected chi connectivity index (χ3v) is 4.01. The van der Waals surface area contributed by atoms with E-state index in [1.54, 1.807) is 0 Å². The van der Waals surface area contributed by atoms with Crippen molar-refractivity contribution in [3.63, 3.8) is 0 Å². The molecule has 94 valence electrons. The minimum atomic E-state index is 0.177. The van der Waals surface area contributed by atoms with Gasteiger partial charge in [0.15, 0.2) is 0 Å². The maximum atomic E-state index is 9.43. The summed E-state index contributed by atoms with van der Waals surface area (Å²) in [5, 5.41) is 12.6. The van der Waals surface area contributed by atoms with Crippen molar-refractivity contribution in [2.75, 3.05) is 20.2 Å². The average molecular weight is 233 g/mol. The molecule has 0 radical (unpaired) electrons. The number of hydrogen-bond acceptors (Lipinski definition) is 2. The lowest BCUT2D eigenvalue weighted by molar-refractivity contribution is -0.00612. The SMILES string of the molecule is CNCC1(CO)CC(CCc2ccccc2)C1. The van der Waals surface area contributed by atoms with Crippen LogP contribution in [0.3, 0.4) is 0 Å². The molecule has 0 aliphatic heterocycles. The molecule has 17 heavy (non-hydrogen) atoms. The Morgan fingerprint density at radius 1 is 1.29 bits per heavy atom. The maximum Gasteiger partial charge on any atom is 0.0499 e. The van der Waals surface area contributed by atoms with Crippen LogP contribution < -0.4 is 5.32 Å². The molecular formula is C15H23NO. The first kappa shape index (κ1) is 12.6. The van der Waals surface area contributed by atoms with Gasteiger partial charge in [-0.15, -0.1) is 0 Å². The van der Waals surface area contributed by atoms with Gasteiger partial charge in [-0.25, -0.2) is 0 Å². The minimum Gasteiger partial charge on any atom is -0.396 e. The summed E-state index contributed by atoms with van der Waals surface area (Å²) in [6.07, 6.45) is 4.79. The number of aliphatic hydroxyl groups is 1. The second-order valence-electron chi connectivity index (χ2n) is 5.49. The molecule has 2 heteroatoms. The molecule has 0 saturated heterocycles. The molecule has 2 rings (SSSR count). The van der Waals surface area contributed by atoms with Crippen molar-refractivity contribution in [1.82, 2.24) is 5.32 Å². The molecule has 0 unspecified atom stereocenters. The van der Waals surface area contributed by atoms with Gasteiger partial charge in [-0.2, -0.15) is 0 Å². The van der Waals surface area contributed by atoms with Crippen molar-refractivity contribution < 1.29 is 5.11 Å². The van der Waals surface area contributed by atoms with Crippen molar-refractivity contribution in [3.05, 3.63) is 35.9 Å². The van der Waals surface area contributed by atoms with Crippen LogP contribution >= 0.6 is 0 Å². The topological polar surface area (TPSA) is 32.3 Å². The van der Waals surface area contributed by atoms with E-state index in [4.69, 9.17) is 0 Å². The van der Waals surface area contributed by atoms with Gasteiger partial charge in [-0.3, -0.25) is 0 Å². The zero-order chi connectivity index (χ0) is 12.1. The Labute approximate surface area is 104 Å². The Morgan fingerprint density at radius 3 is 2.59 bits per heavy atom. The lowest BCUT2D eigenvalue weighted by atomic mass is 9.61. The van der Waals surface area contributed by atoms with Crippen LogP contribution in [0.1, 0.15) is 24.8 Å². The molecule has 0 amide bonds. The van der Waals surface area contributed by atoms with E-state index in [-0.39, 0.29) is 5.41 Å². The zero-order valence-electron chi connectivity index (χ0n) is 10.7. The molecule has 2 nitrogen and oxygen atoms in total. The summed E-state index contributed by atoms with van der Waals surface area (Å²) >= 11 is 0. The maximum absolute atomic E-state index is 9.43. The number of hydrogen-bond donors (Lipinski definition) is 2. The van der Waals surface area contributed by atoms with Crippen LogP contribution in [0.15, 0.2) is 30.3 Å². The highest BCUT2D eigenvalue weighted by molar-refractivity contribution is 5.15. The van der Waals surface area contributed by atoms with Crippen LogP contribution in [-0.4, -0.2) is 25.3 Å². The highest BCUT2D eigenvalue weighted by Gasteiger charge is 2.42. The molecule has 0 aromatic heterocycles. The summed E-state index contributed by atoms with van der Waals surface area (Å²) in [5.74, 6) is 0.802. The summed E-state index contributed by atoms with van der Waals surface area (Å²) in [4.78, 5) is 0. The monoisotopic (exact) mass is 233 g/mol. The Kier molecular flexibility index (Phi) is 4.19. The fourth-order valence-electron chi connectivity index (χ4n) is 3.09. The number of aryl methyl sites for hydroxylation is 1. The van der Waals surface area contributed by atoms with Crippen LogP contribution in [0.4, 0.5) is 0 Å². The number of benzene rings is 1. The molecule has 1 aliphatic carbocycles.